The molecule has 5 nitrogen and oxygen atoms in total. The number of carbonyl (C=O) groups excluding carboxylic acids is 2. The number of benzene rings is 2. The molecule has 0 bridgehead atoms. The highest BCUT2D eigenvalue weighted by molar-refractivity contribution is 5.98. The summed E-state index contributed by atoms with van der Waals surface area (Å²) in [5.74, 6) is -0.226. The molecule has 0 aromatic heterocycles. The molecule has 5 heteroatoms. The summed E-state index contributed by atoms with van der Waals surface area (Å²) in [5, 5.41) is 12.1. The molecule has 1 saturated heterocycles. The summed E-state index contributed by atoms with van der Waals surface area (Å²) < 4.78 is 0. The van der Waals surface area contributed by atoms with Gasteiger partial charge in [-0.05, 0) is 36.1 Å². The molecular formula is C20H22N2O3. The minimum Gasteiger partial charge on any atom is -0.392 e. The number of likely N-dealkylation sites (tertiary alicyclic amines) is 1. The first-order valence-corrected chi connectivity index (χ1v) is 8.54. The number of piperidine rings is 1. The van der Waals surface area contributed by atoms with Crippen LogP contribution in [0.1, 0.15) is 36.4 Å². The summed E-state index contributed by atoms with van der Waals surface area (Å²) in [6, 6.07) is 15.8. The van der Waals surface area contributed by atoms with E-state index in [0.29, 0.717) is 18.7 Å². The van der Waals surface area contributed by atoms with Gasteiger partial charge in [0.25, 0.3) is 5.91 Å². The highest BCUT2D eigenvalue weighted by Gasteiger charge is 2.32. The number of amides is 2. The molecule has 0 aliphatic carbocycles. The molecular weight excluding hydrogens is 316 g/mol. The summed E-state index contributed by atoms with van der Waals surface area (Å²) in [4.78, 5) is 27.0. The van der Waals surface area contributed by atoms with Crippen LogP contribution in [0.3, 0.4) is 0 Å². The van der Waals surface area contributed by atoms with Crippen LogP contribution in [-0.4, -0.2) is 28.4 Å². The van der Waals surface area contributed by atoms with Gasteiger partial charge in [-0.15, -0.1) is 0 Å². The lowest BCUT2D eigenvalue weighted by atomic mass is 10.0. The van der Waals surface area contributed by atoms with Crippen molar-refractivity contribution in [1.29, 1.82) is 0 Å². The van der Waals surface area contributed by atoms with Gasteiger partial charge >= 0.3 is 0 Å². The van der Waals surface area contributed by atoms with E-state index in [1.165, 1.54) is 0 Å². The first kappa shape index (κ1) is 17.2. The zero-order valence-electron chi connectivity index (χ0n) is 14.0. The molecule has 0 radical (unpaired) electrons. The van der Waals surface area contributed by atoms with E-state index in [-0.39, 0.29) is 18.4 Å². The maximum absolute atomic E-state index is 13.0. The normalized spacial score (nSPS) is 15.7. The Hall–Kier alpha value is -2.66. The predicted molar refractivity (Wildman–Crippen MR) is 95.7 cm³/mol. The Labute approximate surface area is 147 Å². The SMILES string of the molecule is O=C(Nc1cccc(CO)c1)C(c1ccccc1)N1CCCCC1=O. The minimum absolute atomic E-state index is 0.0133. The van der Waals surface area contributed by atoms with Crippen LogP contribution >= 0.6 is 0 Å². The van der Waals surface area contributed by atoms with Crippen molar-refractivity contribution in [3.63, 3.8) is 0 Å². The van der Waals surface area contributed by atoms with E-state index >= 15 is 0 Å². The Morgan fingerprint density at radius 3 is 2.64 bits per heavy atom. The molecule has 130 valence electrons. The molecule has 25 heavy (non-hydrogen) atoms. The van der Waals surface area contributed by atoms with E-state index in [9.17, 15) is 14.7 Å². The lowest BCUT2D eigenvalue weighted by Crippen LogP contribution is -2.43. The molecule has 2 aromatic rings. The number of aliphatic hydroxyl groups excluding tert-OH is 1. The zero-order chi connectivity index (χ0) is 17.6. The van der Waals surface area contributed by atoms with Crippen LogP contribution in [0.4, 0.5) is 5.69 Å². The van der Waals surface area contributed by atoms with Gasteiger partial charge in [-0.1, -0.05) is 42.5 Å². The molecule has 1 aliphatic heterocycles. The van der Waals surface area contributed by atoms with Crippen molar-refractivity contribution in [3.8, 4) is 0 Å². The number of aliphatic hydroxyl groups is 1. The number of nitrogens with one attached hydrogen (secondary N) is 1. The summed E-state index contributed by atoms with van der Waals surface area (Å²) in [6.45, 7) is 0.499. The highest BCUT2D eigenvalue weighted by atomic mass is 16.3. The zero-order valence-corrected chi connectivity index (χ0v) is 14.0. The average molecular weight is 338 g/mol. The number of hydrogen-bond acceptors (Lipinski definition) is 3. The molecule has 1 aliphatic rings. The Morgan fingerprint density at radius 2 is 1.92 bits per heavy atom. The second-order valence-corrected chi connectivity index (χ2v) is 6.21. The van der Waals surface area contributed by atoms with E-state index in [0.717, 1.165) is 24.0 Å². The molecule has 2 aromatic carbocycles. The van der Waals surface area contributed by atoms with Crippen LogP contribution in [0.2, 0.25) is 0 Å². The van der Waals surface area contributed by atoms with Gasteiger partial charge in [0, 0.05) is 18.7 Å². The average Bonchev–Trinajstić information content (AvgIpc) is 2.64. The molecule has 1 atom stereocenters. The Bertz CT molecular complexity index is 746. The van der Waals surface area contributed by atoms with Crippen LogP contribution in [-0.2, 0) is 16.2 Å². The van der Waals surface area contributed by atoms with E-state index in [2.05, 4.69) is 5.32 Å². The van der Waals surface area contributed by atoms with Gasteiger partial charge in [-0.3, -0.25) is 9.59 Å². The van der Waals surface area contributed by atoms with Crippen LogP contribution in [0, 0.1) is 0 Å². The third kappa shape index (κ3) is 4.06. The minimum atomic E-state index is -0.646. The molecule has 3 rings (SSSR count). The van der Waals surface area contributed by atoms with Crippen molar-refractivity contribution in [2.75, 3.05) is 11.9 Å². The van der Waals surface area contributed by atoms with E-state index in [1.807, 2.05) is 30.3 Å². The van der Waals surface area contributed by atoms with Gasteiger partial charge in [0.1, 0.15) is 6.04 Å². The number of hydrogen-bond donors (Lipinski definition) is 2. The van der Waals surface area contributed by atoms with Gasteiger partial charge in [0.15, 0.2) is 0 Å². The standard InChI is InChI=1S/C20H22N2O3/c23-14-15-7-6-10-17(13-15)21-20(25)19(16-8-2-1-3-9-16)22-12-5-4-11-18(22)24/h1-3,6-10,13,19,23H,4-5,11-12,14H2,(H,21,25). The van der Waals surface area contributed by atoms with Crippen molar-refractivity contribution >= 4 is 17.5 Å². The summed E-state index contributed by atoms with van der Waals surface area (Å²) in [5.41, 5.74) is 2.14. The largest absolute Gasteiger partial charge is 0.392 e. The van der Waals surface area contributed by atoms with Crippen molar-refractivity contribution in [3.05, 3.63) is 65.7 Å². The lowest BCUT2D eigenvalue weighted by Gasteiger charge is -2.34. The van der Waals surface area contributed by atoms with Crippen LogP contribution < -0.4 is 5.32 Å². The number of carbonyl (C=O) groups is 2. The monoisotopic (exact) mass is 338 g/mol. The van der Waals surface area contributed by atoms with Gasteiger partial charge in [-0.25, -0.2) is 0 Å². The van der Waals surface area contributed by atoms with Crippen LogP contribution in [0.5, 0.6) is 0 Å². The van der Waals surface area contributed by atoms with Crippen molar-refractivity contribution in [1.82, 2.24) is 4.90 Å². The Kier molecular flexibility index (Phi) is 5.46. The predicted octanol–water partition coefficient (Wildman–Crippen LogP) is 2.87. The second kappa shape index (κ2) is 7.94. The second-order valence-electron chi connectivity index (χ2n) is 6.21. The van der Waals surface area contributed by atoms with Gasteiger partial charge in [0.2, 0.25) is 5.91 Å². The van der Waals surface area contributed by atoms with Crippen molar-refractivity contribution in [2.24, 2.45) is 0 Å². The molecule has 1 fully saturated rings. The lowest BCUT2D eigenvalue weighted by molar-refractivity contribution is -0.141. The third-order valence-corrected chi connectivity index (χ3v) is 4.41. The first-order valence-electron chi connectivity index (χ1n) is 8.54. The fraction of sp³-hybridized carbons (Fsp3) is 0.300. The van der Waals surface area contributed by atoms with Crippen molar-refractivity contribution in [2.45, 2.75) is 31.9 Å². The van der Waals surface area contributed by atoms with Crippen molar-refractivity contribution < 1.29 is 14.7 Å². The topological polar surface area (TPSA) is 69.6 Å². The van der Waals surface area contributed by atoms with E-state index in [1.54, 1.807) is 29.2 Å². The summed E-state index contributed by atoms with van der Waals surface area (Å²) in [6.07, 6.45) is 2.26. The first-order chi connectivity index (χ1) is 12.2. The highest BCUT2D eigenvalue weighted by Crippen LogP contribution is 2.27. The van der Waals surface area contributed by atoms with E-state index in [4.69, 9.17) is 0 Å². The summed E-state index contributed by atoms with van der Waals surface area (Å²) in [7, 11) is 0. The fourth-order valence-corrected chi connectivity index (χ4v) is 3.17. The third-order valence-electron chi connectivity index (χ3n) is 4.41. The quantitative estimate of drug-likeness (QED) is 0.881. The van der Waals surface area contributed by atoms with Gasteiger partial charge in [-0.2, -0.15) is 0 Å². The molecule has 1 unspecified atom stereocenters. The smallest absolute Gasteiger partial charge is 0.251 e. The van der Waals surface area contributed by atoms with Gasteiger partial charge < -0.3 is 15.3 Å². The Morgan fingerprint density at radius 1 is 1.12 bits per heavy atom. The van der Waals surface area contributed by atoms with Crippen LogP contribution in [0.25, 0.3) is 0 Å². The van der Waals surface area contributed by atoms with Gasteiger partial charge in [0.05, 0.1) is 6.61 Å². The maximum atomic E-state index is 13.0. The Balaban J connectivity index is 1.88. The number of rotatable bonds is 5. The fourth-order valence-electron chi connectivity index (χ4n) is 3.17. The number of nitrogens with zero attached hydrogens (tertiary/aromatic N) is 1. The van der Waals surface area contributed by atoms with Crippen LogP contribution in [0.15, 0.2) is 54.6 Å². The van der Waals surface area contributed by atoms with E-state index < -0.39 is 6.04 Å². The molecule has 0 spiro atoms. The summed E-state index contributed by atoms with van der Waals surface area (Å²) >= 11 is 0. The molecule has 2 amide bonds. The molecule has 2 N–H and O–H groups in total. The number of anilines is 1. The maximum Gasteiger partial charge on any atom is 0.251 e. The molecule has 0 saturated carbocycles. The molecule has 1 heterocycles.